The first-order valence-corrected chi connectivity index (χ1v) is 12.1. The molecule has 3 aliphatic heterocycles. The smallest absolute Gasteiger partial charge is 0.311 e. The first-order chi connectivity index (χ1) is 16.0. The molecule has 2 bridgehead atoms. The van der Waals surface area contributed by atoms with Crippen molar-refractivity contribution in [3.63, 3.8) is 0 Å². The zero-order chi connectivity index (χ0) is 22.9. The lowest BCUT2D eigenvalue weighted by Crippen LogP contribution is -2.55. The number of esters is 1. The van der Waals surface area contributed by atoms with Crippen LogP contribution in [-0.2, 0) is 16.0 Å². The fraction of sp³-hybridized carbons (Fsp3) is 0.333. The number of ether oxygens (including phenoxy) is 1. The number of halogens is 2. The molecule has 0 amide bonds. The number of rotatable bonds is 6. The highest BCUT2D eigenvalue weighted by molar-refractivity contribution is 6.36. The Bertz CT molecular complexity index is 1170. The normalized spacial score (nSPS) is 25.0. The van der Waals surface area contributed by atoms with E-state index in [0.29, 0.717) is 27.4 Å². The lowest BCUT2D eigenvalue weighted by molar-refractivity contribution is -0.156. The minimum atomic E-state index is -0.403. The maximum Gasteiger partial charge on any atom is 0.311 e. The van der Waals surface area contributed by atoms with Crippen LogP contribution in [-0.4, -0.2) is 35.0 Å². The first kappa shape index (κ1) is 22.4. The van der Waals surface area contributed by atoms with Crippen LogP contribution < -0.4 is 0 Å². The standard InChI is InChI=1S/C27H26Cl2N2O2/c1-2-17-16-31-13-11-18(17)14-25(31)27(20-10-12-30-24-9-4-3-6-19(20)24)33-26(32)15-21-22(28)7-5-8-23(21)29/h2-10,12,17-18,25,27H,1,11,13-16H2/t17-,18+,25+,27-/m0/s1. The predicted molar refractivity (Wildman–Crippen MR) is 133 cm³/mol. The lowest BCUT2D eigenvalue weighted by atomic mass is 9.73. The van der Waals surface area contributed by atoms with Crippen LogP contribution >= 0.6 is 23.2 Å². The van der Waals surface area contributed by atoms with Gasteiger partial charge < -0.3 is 4.74 Å². The van der Waals surface area contributed by atoms with E-state index >= 15 is 0 Å². The van der Waals surface area contributed by atoms with Crippen LogP contribution in [0.4, 0.5) is 0 Å². The van der Waals surface area contributed by atoms with Gasteiger partial charge in [0.05, 0.1) is 18.0 Å². The summed E-state index contributed by atoms with van der Waals surface area (Å²) < 4.78 is 6.27. The van der Waals surface area contributed by atoms with E-state index < -0.39 is 6.10 Å². The molecule has 0 spiro atoms. The molecule has 4 heterocycles. The van der Waals surface area contributed by atoms with E-state index in [-0.39, 0.29) is 18.4 Å². The van der Waals surface area contributed by atoms with Crippen molar-refractivity contribution >= 4 is 40.1 Å². The molecule has 3 aromatic rings. The Morgan fingerprint density at radius 2 is 1.97 bits per heavy atom. The van der Waals surface area contributed by atoms with Gasteiger partial charge in [-0.3, -0.25) is 14.7 Å². The SMILES string of the molecule is C=C[C@H]1CN2CC[C@@H]1C[C@@H]2[C@@H](OC(=O)Cc1c(Cl)cccc1Cl)c1ccnc2ccccc12. The summed E-state index contributed by atoms with van der Waals surface area (Å²) in [6, 6.07) is 15.4. The van der Waals surface area contributed by atoms with Crippen LogP contribution in [0.3, 0.4) is 0 Å². The Kier molecular flexibility index (Phi) is 6.42. The Labute approximate surface area is 204 Å². The number of benzene rings is 2. The fourth-order valence-electron chi connectivity index (χ4n) is 5.44. The van der Waals surface area contributed by atoms with E-state index in [1.165, 1.54) is 0 Å². The van der Waals surface area contributed by atoms with Gasteiger partial charge in [0.1, 0.15) is 6.10 Å². The average molecular weight is 481 g/mol. The molecule has 0 radical (unpaired) electrons. The second-order valence-corrected chi connectivity index (χ2v) is 9.77. The van der Waals surface area contributed by atoms with E-state index in [1.807, 2.05) is 30.3 Å². The Hall–Kier alpha value is -2.40. The number of carbonyl (C=O) groups excluding carboxylic acids is 1. The molecular formula is C27H26Cl2N2O2. The first-order valence-electron chi connectivity index (χ1n) is 11.4. The number of hydrogen-bond acceptors (Lipinski definition) is 4. The molecule has 2 aromatic carbocycles. The predicted octanol–water partition coefficient (Wildman–Crippen LogP) is 6.27. The van der Waals surface area contributed by atoms with Gasteiger partial charge >= 0.3 is 5.97 Å². The largest absolute Gasteiger partial charge is 0.456 e. The van der Waals surface area contributed by atoms with Gasteiger partial charge in [0, 0.05) is 39.3 Å². The number of fused-ring (bicyclic) bond motifs is 4. The van der Waals surface area contributed by atoms with Crippen LogP contribution in [0, 0.1) is 11.8 Å². The Morgan fingerprint density at radius 3 is 2.70 bits per heavy atom. The van der Waals surface area contributed by atoms with Gasteiger partial charge in [0.2, 0.25) is 0 Å². The Morgan fingerprint density at radius 1 is 1.18 bits per heavy atom. The number of piperidine rings is 3. The minimum absolute atomic E-state index is 0.0312. The summed E-state index contributed by atoms with van der Waals surface area (Å²) in [4.78, 5) is 20.2. The molecule has 0 N–H and O–H groups in total. The number of hydrogen-bond donors (Lipinski definition) is 0. The van der Waals surface area contributed by atoms with Gasteiger partial charge in [-0.2, -0.15) is 0 Å². The third kappa shape index (κ3) is 4.40. The maximum atomic E-state index is 13.2. The molecule has 5 atom stereocenters. The minimum Gasteiger partial charge on any atom is -0.456 e. The van der Waals surface area contributed by atoms with Gasteiger partial charge in [-0.05, 0) is 55.5 Å². The van der Waals surface area contributed by atoms with Crippen LogP contribution in [0.1, 0.15) is 30.1 Å². The van der Waals surface area contributed by atoms with Crippen molar-refractivity contribution in [2.45, 2.75) is 31.4 Å². The molecule has 170 valence electrons. The second-order valence-electron chi connectivity index (χ2n) is 8.95. The van der Waals surface area contributed by atoms with Crippen LogP contribution in [0.5, 0.6) is 0 Å². The molecule has 6 rings (SSSR count). The van der Waals surface area contributed by atoms with E-state index in [1.54, 1.807) is 24.4 Å². The zero-order valence-electron chi connectivity index (χ0n) is 18.3. The maximum absolute atomic E-state index is 13.2. The second kappa shape index (κ2) is 9.46. The van der Waals surface area contributed by atoms with Crippen LogP contribution in [0.2, 0.25) is 10.0 Å². The number of para-hydroxylation sites is 1. The van der Waals surface area contributed by atoms with Crippen molar-refractivity contribution < 1.29 is 9.53 Å². The molecule has 0 saturated carbocycles. The van der Waals surface area contributed by atoms with Crippen molar-refractivity contribution in [2.75, 3.05) is 13.1 Å². The van der Waals surface area contributed by atoms with Crippen molar-refractivity contribution in [1.29, 1.82) is 0 Å². The van der Waals surface area contributed by atoms with Gasteiger partial charge in [0.25, 0.3) is 0 Å². The monoisotopic (exact) mass is 480 g/mol. The third-order valence-electron chi connectivity index (χ3n) is 7.13. The van der Waals surface area contributed by atoms with Gasteiger partial charge in [0.15, 0.2) is 0 Å². The molecule has 1 aromatic heterocycles. The number of pyridine rings is 1. The zero-order valence-corrected chi connectivity index (χ0v) is 19.8. The van der Waals surface area contributed by atoms with Crippen molar-refractivity contribution in [3.8, 4) is 0 Å². The summed E-state index contributed by atoms with van der Waals surface area (Å²) in [5.41, 5.74) is 2.48. The fourth-order valence-corrected chi connectivity index (χ4v) is 5.97. The topological polar surface area (TPSA) is 42.4 Å². The summed E-state index contributed by atoms with van der Waals surface area (Å²) in [5, 5.41) is 1.95. The van der Waals surface area contributed by atoms with E-state index in [4.69, 9.17) is 27.9 Å². The number of carbonyl (C=O) groups is 1. The molecule has 6 heteroatoms. The summed E-state index contributed by atoms with van der Waals surface area (Å²) in [6.45, 7) is 6.00. The summed E-state index contributed by atoms with van der Waals surface area (Å²) in [5.74, 6) is 0.714. The van der Waals surface area contributed by atoms with E-state index in [9.17, 15) is 4.79 Å². The summed E-state index contributed by atoms with van der Waals surface area (Å²) in [7, 11) is 0. The summed E-state index contributed by atoms with van der Waals surface area (Å²) >= 11 is 12.6. The molecule has 33 heavy (non-hydrogen) atoms. The van der Waals surface area contributed by atoms with E-state index in [0.717, 1.165) is 42.4 Å². The quantitative estimate of drug-likeness (QED) is 0.308. The molecule has 3 saturated heterocycles. The average Bonchev–Trinajstić information content (AvgIpc) is 2.85. The highest BCUT2D eigenvalue weighted by Crippen LogP contribution is 2.43. The third-order valence-corrected chi connectivity index (χ3v) is 7.84. The van der Waals surface area contributed by atoms with E-state index in [2.05, 4.69) is 22.5 Å². The highest BCUT2D eigenvalue weighted by Gasteiger charge is 2.44. The number of nitrogens with zero attached hydrogens (tertiary/aromatic N) is 2. The highest BCUT2D eigenvalue weighted by atomic mass is 35.5. The number of aromatic nitrogens is 1. The molecule has 0 aliphatic carbocycles. The van der Waals surface area contributed by atoms with Gasteiger partial charge in [-0.15, -0.1) is 6.58 Å². The van der Waals surface area contributed by atoms with Crippen LogP contribution in [0.25, 0.3) is 10.9 Å². The molecular weight excluding hydrogens is 455 g/mol. The van der Waals surface area contributed by atoms with Crippen molar-refractivity contribution in [2.24, 2.45) is 11.8 Å². The van der Waals surface area contributed by atoms with Crippen molar-refractivity contribution in [1.82, 2.24) is 9.88 Å². The molecule has 1 unspecified atom stereocenters. The van der Waals surface area contributed by atoms with Crippen molar-refractivity contribution in [3.05, 3.63) is 88.6 Å². The van der Waals surface area contributed by atoms with Crippen LogP contribution in [0.15, 0.2) is 67.4 Å². The summed E-state index contributed by atoms with van der Waals surface area (Å²) in [6.07, 6.45) is 5.63. The lowest BCUT2D eigenvalue weighted by Gasteiger charge is -2.51. The molecule has 3 aliphatic rings. The molecule has 4 nitrogen and oxygen atoms in total. The molecule has 3 fully saturated rings. The van der Waals surface area contributed by atoms with Gasteiger partial charge in [-0.1, -0.05) is 53.5 Å². The Balaban J connectivity index is 1.49. The van der Waals surface area contributed by atoms with Gasteiger partial charge in [-0.25, -0.2) is 0 Å².